The number of amides is 1. The maximum absolute atomic E-state index is 13.9. The molecule has 28 heavy (non-hydrogen) atoms. The van der Waals surface area contributed by atoms with E-state index in [0.717, 1.165) is 17.6 Å². The lowest BCUT2D eigenvalue weighted by Crippen LogP contribution is -2.60. The molecule has 2 heterocycles. The monoisotopic (exact) mass is 382 g/mol. The summed E-state index contributed by atoms with van der Waals surface area (Å²) < 4.78 is 14.9. The maximum atomic E-state index is 13.9. The van der Waals surface area contributed by atoms with Gasteiger partial charge >= 0.3 is 0 Å². The first-order valence-corrected chi connectivity index (χ1v) is 10.3. The number of benzene rings is 2. The first-order chi connectivity index (χ1) is 13.5. The number of aryl methyl sites for hydroxylation is 1. The standard InChI is InChI=1S/C23H28FN3O/c1-16-14-18(26-23(28)20-7-3-4-8-21(20)24)9-10-22(16)27(13-5-6-17(27)2)19-11-12-25-15-19/h3-4,7-10,14,17,19,25H,5-6,11-13,15H2,1-2H3/p+1. The number of hydrogen-bond acceptors (Lipinski definition) is 2. The van der Waals surface area contributed by atoms with Crippen molar-refractivity contribution >= 4 is 17.3 Å². The fraction of sp³-hybridized carbons (Fsp3) is 0.435. The van der Waals surface area contributed by atoms with Gasteiger partial charge in [-0.1, -0.05) is 12.1 Å². The maximum Gasteiger partial charge on any atom is 0.258 e. The highest BCUT2D eigenvalue weighted by atomic mass is 19.1. The minimum Gasteiger partial charge on any atom is -0.322 e. The molecule has 4 nitrogen and oxygen atoms in total. The van der Waals surface area contributed by atoms with E-state index in [1.165, 1.54) is 49.2 Å². The summed E-state index contributed by atoms with van der Waals surface area (Å²) in [6.45, 7) is 7.83. The van der Waals surface area contributed by atoms with E-state index >= 15 is 0 Å². The quantitative estimate of drug-likeness (QED) is 0.777. The lowest BCUT2D eigenvalue weighted by Gasteiger charge is -2.44. The van der Waals surface area contributed by atoms with Gasteiger partial charge < -0.3 is 10.6 Å². The van der Waals surface area contributed by atoms with Gasteiger partial charge in [0.05, 0.1) is 18.2 Å². The van der Waals surface area contributed by atoms with Crippen molar-refractivity contribution in [1.29, 1.82) is 0 Å². The smallest absolute Gasteiger partial charge is 0.258 e. The van der Waals surface area contributed by atoms with Gasteiger partial charge in [0.25, 0.3) is 5.91 Å². The summed E-state index contributed by atoms with van der Waals surface area (Å²) >= 11 is 0. The van der Waals surface area contributed by atoms with Gasteiger partial charge in [-0.25, -0.2) is 4.39 Å². The van der Waals surface area contributed by atoms with Crippen molar-refractivity contribution in [2.75, 3.05) is 25.0 Å². The highest BCUT2D eigenvalue weighted by Crippen LogP contribution is 2.41. The molecule has 2 aliphatic heterocycles. The molecule has 4 rings (SSSR count). The van der Waals surface area contributed by atoms with Crippen LogP contribution in [0.1, 0.15) is 42.1 Å². The Kier molecular flexibility index (Phi) is 5.21. The van der Waals surface area contributed by atoms with Crippen molar-refractivity contribution in [3.63, 3.8) is 0 Å². The second-order valence-corrected chi connectivity index (χ2v) is 8.23. The Labute approximate surface area is 166 Å². The fourth-order valence-electron chi connectivity index (χ4n) is 5.27. The molecule has 2 aromatic rings. The van der Waals surface area contributed by atoms with Crippen LogP contribution in [0.25, 0.3) is 0 Å². The second-order valence-electron chi connectivity index (χ2n) is 8.23. The number of likely N-dealkylation sites (tertiary alicyclic amines) is 1. The Bertz CT molecular complexity index is 878. The van der Waals surface area contributed by atoms with Crippen LogP contribution in [-0.2, 0) is 0 Å². The lowest BCUT2D eigenvalue weighted by atomic mass is 10.0. The molecule has 0 bridgehead atoms. The van der Waals surface area contributed by atoms with Gasteiger partial charge in [-0.05, 0) is 38.1 Å². The molecule has 0 aliphatic carbocycles. The summed E-state index contributed by atoms with van der Waals surface area (Å²) in [6, 6.07) is 13.4. The number of quaternary nitrogens is 1. The molecular formula is C23H29FN3O+. The average Bonchev–Trinajstić information content (AvgIpc) is 3.33. The normalized spacial score (nSPS) is 27.1. The molecule has 2 N–H and O–H groups in total. The van der Waals surface area contributed by atoms with E-state index in [4.69, 9.17) is 0 Å². The van der Waals surface area contributed by atoms with E-state index in [0.29, 0.717) is 17.8 Å². The van der Waals surface area contributed by atoms with Crippen LogP contribution in [0.2, 0.25) is 0 Å². The van der Waals surface area contributed by atoms with Crippen LogP contribution < -0.4 is 15.1 Å². The van der Waals surface area contributed by atoms with E-state index in [-0.39, 0.29) is 5.56 Å². The third kappa shape index (κ3) is 3.23. The van der Waals surface area contributed by atoms with Gasteiger partial charge in [0.15, 0.2) is 0 Å². The summed E-state index contributed by atoms with van der Waals surface area (Å²) in [6.07, 6.45) is 3.71. The highest BCUT2D eigenvalue weighted by Gasteiger charge is 2.48. The zero-order valence-corrected chi connectivity index (χ0v) is 16.7. The third-order valence-electron chi connectivity index (χ3n) is 6.64. The number of nitrogens with zero attached hydrogens (tertiary/aromatic N) is 1. The predicted octanol–water partition coefficient (Wildman–Crippen LogP) is 4.24. The molecule has 5 heteroatoms. The van der Waals surface area contributed by atoms with Crippen molar-refractivity contribution in [3.05, 3.63) is 59.4 Å². The Hall–Kier alpha value is -2.24. The Morgan fingerprint density at radius 2 is 2.04 bits per heavy atom. The zero-order valence-electron chi connectivity index (χ0n) is 16.7. The SMILES string of the molecule is Cc1cc(NC(=O)c2ccccc2F)ccc1[N+]1(C2CCNC2)CCCC1C. The first kappa shape index (κ1) is 19.1. The number of carbonyl (C=O) groups is 1. The van der Waals surface area contributed by atoms with E-state index in [2.05, 4.69) is 30.5 Å². The second kappa shape index (κ2) is 7.64. The number of carbonyl (C=O) groups excluding carboxylic acids is 1. The average molecular weight is 383 g/mol. The van der Waals surface area contributed by atoms with Crippen LogP contribution in [0.3, 0.4) is 0 Å². The summed E-state index contributed by atoms with van der Waals surface area (Å²) in [5.74, 6) is -0.916. The van der Waals surface area contributed by atoms with E-state index in [1.54, 1.807) is 12.1 Å². The molecule has 3 unspecified atom stereocenters. The molecule has 2 saturated heterocycles. The Morgan fingerprint density at radius 3 is 2.68 bits per heavy atom. The number of nitrogens with one attached hydrogen (secondary N) is 2. The summed E-state index contributed by atoms with van der Waals surface area (Å²) in [7, 11) is 0. The van der Waals surface area contributed by atoms with Gasteiger partial charge in [0, 0.05) is 49.7 Å². The topological polar surface area (TPSA) is 41.1 Å². The molecular weight excluding hydrogens is 353 g/mol. The minimum absolute atomic E-state index is 0.0675. The predicted molar refractivity (Wildman–Crippen MR) is 112 cm³/mol. The highest BCUT2D eigenvalue weighted by molar-refractivity contribution is 6.04. The largest absolute Gasteiger partial charge is 0.322 e. The van der Waals surface area contributed by atoms with E-state index < -0.39 is 11.7 Å². The fourth-order valence-corrected chi connectivity index (χ4v) is 5.27. The summed E-state index contributed by atoms with van der Waals surface area (Å²) in [5, 5.41) is 6.39. The molecule has 2 aromatic carbocycles. The van der Waals surface area contributed by atoms with Crippen molar-refractivity contribution in [1.82, 2.24) is 9.80 Å². The van der Waals surface area contributed by atoms with Crippen LogP contribution in [0.5, 0.6) is 0 Å². The van der Waals surface area contributed by atoms with Gasteiger partial charge in [-0.2, -0.15) is 0 Å². The molecule has 3 atom stereocenters. The number of rotatable bonds is 4. The molecule has 0 aromatic heterocycles. The van der Waals surface area contributed by atoms with E-state index in [1.807, 2.05) is 12.1 Å². The lowest BCUT2D eigenvalue weighted by molar-refractivity contribution is 0.102. The molecule has 2 fully saturated rings. The first-order valence-electron chi connectivity index (χ1n) is 10.3. The van der Waals surface area contributed by atoms with E-state index in [9.17, 15) is 9.18 Å². The van der Waals surface area contributed by atoms with Crippen LogP contribution in [-0.4, -0.2) is 37.6 Å². The van der Waals surface area contributed by atoms with Crippen LogP contribution in [0, 0.1) is 12.7 Å². The van der Waals surface area contributed by atoms with Gasteiger partial charge in [-0.3, -0.25) is 9.28 Å². The Morgan fingerprint density at radius 1 is 1.21 bits per heavy atom. The molecule has 148 valence electrons. The Balaban J connectivity index is 1.62. The molecule has 0 radical (unpaired) electrons. The molecule has 2 aliphatic rings. The van der Waals surface area contributed by atoms with Crippen molar-refractivity contribution < 1.29 is 9.18 Å². The van der Waals surface area contributed by atoms with Crippen molar-refractivity contribution in [2.24, 2.45) is 0 Å². The van der Waals surface area contributed by atoms with Gasteiger partial charge in [0.1, 0.15) is 17.5 Å². The van der Waals surface area contributed by atoms with Gasteiger partial charge in [-0.15, -0.1) is 0 Å². The summed E-state index contributed by atoms with van der Waals surface area (Å²) in [5.41, 5.74) is 3.33. The minimum atomic E-state index is -0.502. The van der Waals surface area contributed by atoms with Crippen LogP contribution >= 0.6 is 0 Å². The van der Waals surface area contributed by atoms with Crippen molar-refractivity contribution in [3.8, 4) is 0 Å². The molecule has 1 amide bonds. The van der Waals surface area contributed by atoms with Gasteiger partial charge in [0.2, 0.25) is 0 Å². The third-order valence-corrected chi connectivity index (χ3v) is 6.64. The van der Waals surface area contributed by atoms with Crippen LogP contribution in [0.15, 0.2) is 42.5 Å². The molecule has 0 spiro atoms. The zero-order chi connectivity index (χ0) is 19.7. The van der Waals surface area contributed by atoms with Crippen molar-refractivity contribution in [2.45, 2.75) is 45.2 Å². The molecule has 0 saturated carbocycles. The number of anilines is 1. The number of halogens is 1. The number of hydrogen-bond donors (Lipinski definition) is 2. The van der Waals surface area contributed by atoms with Crippen LogP contribution in [0.4, 0.5) is 15.8 Å². The summed E-state index contributed by atoms with van der Waals surface area (Å²) in [4.78, 5) is 12.4.